The van der Waals surface area contributed by atoms with Gasteiger partial charge in [-0.2, -0.15) is 0 Å². The number of hydrogen-bond acceptors (Lipinski definition) is 2. The topological polar surface area (TPSA) is 29.5 Å². The zero-order valence-corrected chi connectivity index (χ0v) is 11.2. The van der Waals surface area contributed by atoms with Crippen LogP contribution in [0.4, 0.5) is 4.39 Å². The van der Waals surface area contributed by atoms with Crippen LogP contribution in [-0.4, -0.2) is 12.2 Å². The van der Waals surface area contributed by atoms with Gasteiger partial charge in [0.05, 0.1) is 18.2 Å². The lowest BCUT2D eigenvalue weighted by atomic mass is 10.0. The number of ether oxygens (including phenoxy) is 1. The van der Waals surface area contributed by atoms with E-state index in [4.69, 9.17) is 16.3 Å². The van der Waals surface area contributed by atoms with Crippen LogP contribution >= 0.6 is 11.6 Å². The first-order valence-electron chi connectivity index (χ1n) is 5.86. The molecule has 0 fully saturated rings. The third kappa shape index (κ3) is 3.25. The van der Waals surface area contributed by atoms with Crippen LogP contribution in [0.15, 0.2) is 42.5 Å². The second-order valence-electron chi connectivity index (χ2n) is 4.21. The largest absolute Gasteiger partial charge is 0.496 e. The Morgan fingerprint density at radius 2 is 2.00 bits per heavy atom. The van der Waals surface area contributed by atoms with Crippen LogP contribution < -0.4 is 4.74 Å². The molecule has 1 N–H and O–H groups in total. The number of rotatable bonds is 4. The summed E-state index contributed by atoms with van der Waals surface area (Å²) in [6, 6.07) is 11.7. The van der Waals surface area contributed by atoms with E-state index < -0.39 is 11.9 Å². The molecule has 19 heavy (non-hydrogen) atoms. The molecular formula is C15H14ClFO2. The quantitative estimate of drug-likeness (QED) is 0.924. The van der Waals surface area contributed by atoms with E-state index in [1.807, 2.05) is 12.1 Å². The summed E-state index contributed by atoms with van der Waals surface area (Å²) < 4.78 is 18.5. The van der Waals surface area contributed by atoms with Crippen molar-refractivity contribution in [2.75, 3.05) is 7.11 Å². The van der Waals surface area contributed by atoms with Gasteiger partial charge in [0.15, 0.2) is 0 Å². The van der Waals surface area contributed by atoms with Crippen LogP contribution in [0.2, 0.25) is 5.02 Å². The van der Waals surface area contributed by atoms with Crippen molar-refractivity contribution >= 4 is 11.6 Å². The Kier molecular flexibility index (Phi) is 4.40. The molecule has 2 rings (SSSR count). The van der Waals surface area contributed by atoms with E-state index in [0.29, 0.717) is 23.3 Å². The molecule has 0 amide bonds. The number of para-hydroxylation sites is 1. The lowest BCUT2D eigenvalue weighted by Gasteiger charge is -2.14. The zero-order chi connectivity index (χ0) is 13.8. The van der Waals surface area contributed by atoms with Crippen molar-refractivity contribution in [2.45, 2.75) is 12.5 Å². The molecule has 1 unspecified atom stereocenters. The van der Waals surface area contributed by atoms with Crippen LogP contribution in [0.25, 0.3) is 0 Å². The molecule has 1 atom stereocenters. The molecule has 0 aliphatic rings. The van der Waals surface area contributed by atoms with Crippen molar-refractivity contribution in [1.82, 2.24) is 0 Å². The first-order chi connectivity index (χ1) is 9.11. The number of methoxy groups -OCH3 is 1. The maximum atomic E-state index is 13.3. The number of aliphatic hydroxyl groups is 1. The molecule has 0 saturated carbocycles. The lowest BCUT2D eigenvalue weighted by Crippen LogP contribution is -2.04. The summed E-state index contributed by atoms with van der Waals surface area (Å²) in [6.45, 7) is 0. The van der Waals surface area contributed by atoms with Gasteiger partial charge in [0, 0.05) is 12.0 Å². The van der Waals surface area contributed by atoms with Crippen LogP contribution in [0.5, 0.6) is 5.75 Å². The van der Waals surface area contributed by atoms with Crippen LogP contribution in [0.1, 0.15) is 17.2 Å². The Labute approximate surface area is 116 Å². The molecule has 0 spiro atoms. The Hall–Kier alpha value is -1.58. The van der Waals surface area contributed by atoms with Gasteiger partial charge >= 0.3 is 0 Å². The predicted molar refractivity (Wildman–Crippen MR) is 73.1 cm³/mol. The second-order valence-corrected chi connectivity index (χ2v) is 4.62. The van der Waals surface area contributed by atoms with E-state index in [2.05, 4.69) is 0 Å². The molecule has 0 saturated heterocycles. The van der Waals surface area contributed by atoms with Gasteiger partial charge in [0.25, 0.3) is 0 Å². The zero-order valence-electron chi connectivity index (χ0n) is 10.4. The second kappa shape index (κ2) is 6.04. The van der Waals surface area contributed by atoms with Crippen molar-refractivity contribution in [3.05, 3.63) is 64.4 Å². The third-order valence-electron chi connectivity index (χ3n) is 2.91. The molecule has 0 bridgehead atoms. The van der Waals surface area contributed by atoms with E-state index in [1.54, 1.807) is 25.3 Å². The van der Waals surface area contributed by atoms with E-state index in [1.165, 1.54) is 12.1 Å². The van der Waals surface area contributed by atoms with Gasteiger partial charge in [-0.15, -0.1) is 0 Å². The Morgan fingerprint density at radius 3 is 2.68 bits per heavy atom. The van der Waals surface area contributed by atoms with Gasteiger partial charge in [0.2, 0.25) is 0 Å². The van der Waals surface area contributed by atoms with Crippen molar-refractivity contribution in [1.29, 1.82) is 0 Å². The fraction of sp³-hybridized carbons (Fsp3) is 0.200. The highest BCUT2D eigenvalue weighted by molar-refractivity contribution is 6.30. The third-order valence-corrected chi connectivity index (χ3v) is 3.22. The fourth-order valence-corrected chi connectivity index (χ4v) is 2.06. The van der Waals surface area contributed by atoms with Crippen molar-refractivity contribution < 1.29 is 14.2 Å². The highest BCUT2D eigenvalue weighted by atomic mass is 35.5. The van der Waals surface area contributed by atoms with Gasteiger partial charge in [-0.1, -0.05) is 35.9 Å². The fourth-order valence-electron chi connectivity index (χ4n) is 1.94. The van der Waals surface area contributed by atoms with Gasteiger partial charge in [-0.05, 0) is 23.8 Å². The summed E-state index contributed by atoms with van der Waals surface area (Å²) in [5.74, 6) is 0.135. The average Bonchev–Trinajstić information content (AvgIpc) is 2.43. The number of aliphatic hydroxyl groups excluding tert-OH is 1. The smallest absolute Gasteiger partial charge is 0.142 e. The number of benzene rings is 2. The molecule has 0 radical (unpaired) electrons. The van der Waals surface area contributed by atoms with E-state index in [0.717, 1.165) is 0 Å². The van der Waals surface area contributed by atoms with Gasteiger partial charge in [-0.25, -0.2) is 4.39 Å². The minimum Gasteiger partial charge on any atom is -0.496 e. The molecule has 0 aliphatic heterocycles. The molecule has 0 heterocycles. The first kappa shape index (κ1) is 13.8. The van der Waals surface area contributed by atoms with Gasteiger partial charge < -0.3 is 9.84 Å². The Bertz CT molecular complexity index is 572. The highest BCUT2D eigenvalue weighted by Crippen LogP contribution is 2.28. The van der Waals surface area contributed by atoms with Crippen LogP contribution in [0, 0.1) is 5.82 Å². The first-order valence-corrected chi connectivity index (χ1v) is 6.24. The minimum atomic E-state index is -0.753. The van der Waals surface area contributed by atoms with E-state index in [-0.39, 0.29) is 5.02 Å². The summed E-state index contributed by atoms with van der Waals surface area (Å²) in [5, 5.41) is 10.3. The highest BCUT2D eigenvalue weighted by Gasteiger charge is 2.14. The number of hydrogen-bond donors (Lipinski definition) is 1. The van der Waals surface area contributed by atoms with Gasteiger partial charge in [-0.3, -0.25) is 0 Å². The summed E-state index contributed by atoms with van der Waals surface area (Å²) in [4.78, 5) is 0. The monoisotopic (exact) mass is 280 g/mol. The summed E-state index contributed by atoms with van der Waals surface area (Å²) in [7, 11) is 1.55. The predicted octanol–water partition coefficient (Wildman–Crippen LogP) is 3.76. The Morgan fingerprint density at radius 1 is 1.26 bits per heavy atom. The number of halogens is 2. The molecule has 2 aromatic rings. The molecule has 0 aliphatic carbocycles. The van der Waals surface area contributed by atoms with Crippen molar-refractivity contribution in [2.24, 2.45) is 0 Å². The maximum absolute atomic E-state index is 13.3. The van der Waals surface area contributed by atoms with Crippen molar-refractivity contribution in [3.63, 3.8) is 0 Å². The van der Waals surface area contributed by atoms with E-state index in [9.17, 15) is 9.50 Å². The van der Waals surface area contributed by atoms with Gasteiger partial charge in [0.1, 0.15) is 11.6 Å². The minimum absolute atomic E-state index is 0.0792. The van der Waals surface area contributed by atoms with Crippen LogP contribution in [-0.2, 0) is 6.42 Å². The van der Waals surface area contributed by atoms with Crippen LogP contribution in [0.3, 0.4) is 0 Å². The lowest BCUT2D eigenvalue weighted by molar-refractivity contribution is 0.174. The molecule has 4 heteroatoms. The standard InChI is InChI=1S/C15H14ClFO2/c1-19-15-5-3-2-4-11(15)14(18)9-10-6-7-12(16)13(17)8-10/h2-8,14,18H,9H2,1H3. The molecule has 0 aromatic heterocycles. The molecule has 100 valence electrons. The average molecular weight is 281 g/mol. The molecular weight excluding hydrogens is 267 g/mol. The summed E-state index contributed by atoms with van der Waals surface area (Å²) >= 11 is 5.62. The SMILES string of the molecule is COc1ccccc1C(O)Cc1ccc(Cl)c(F)c1. The van der Waals surface area contributed by atoms with E-state index >= 15 is 0 Å². The maximum Gasteiger partial charge on any atom is 0.142 e. The normalized spacial score (nSPS) is 12.2. The van der Waals surface area contributed by atoms with Crippen molar-refractivity contribution in [3.8, 4) is 5.75 Å². The molecule has 2 nitrogen and oxygen atoms in total. The Balaban J connectivity index is 2.20. The summed E-state index contributed by atoms with van der Waals surface area (Å²) in [6.07, 6.45) is -0.453. The summed E-state index contributed by atoms with van der Waals surface area (Å²) in [5.41, 5.74) is 1.36. The molecule has 2 aromatic carbocycles.